The second kappa shape index (κ2) is 4.70. The number of ether oxygens (including phenoxy) is 1. The van der Waals surface area contributed by atoms with Crippen molar-refractivity contribution in [3.63, 3.8) is 0 Å². The normalized spacial score (nSPS) is 26.2. The Morgan fingerprint density at radius 2 is 2.45 bits per heavy atom. The fourth-order valence-corrected chi connectivity index (χ4v) is 1.49. The minimum atomic E-state index is 0.701. The van der Waals surface area contributed by atoms with Crippen molar-refractivity contribution in [2.75, 3.05) is 40.4 Å². The topological polar surface area (TPSA) is 24.5 Å². The molecule has 0 aromatic heterocycles. The van der Waals surface area contributed by atoms with Crippen LogP contribution in [0.1, 0.15) is 6.42 Å². The zero-order chi connectivity index (χ0) is 8.10. The first kappa shape index (κ1) is 8.97. The Labute approximate surface area is 68.7 Å². The van der Waals surface area contributed by atoms with Gasteiger partial charge in [-0.05, 0) is 20.0 Å². The van der Waals surface area contributed by atoms with E-state index in [1.165, 1.54) is 19.5 Å². The molecule has 0 spiro atoms. The second-order valence-electron chi connectivity index (χ2n) is 3.07. The summed E-state index contributed by atoms with van der Waals surface area (Å²) >= 11 is 0. The molecule has 0 amide bonds. The Kier molecular flexibility index (Phi) is 3.83. The summed E-state index contributed by atoms with van der Waals surface area (Å²) in [6.45, 7) is 4.33. The average molecular weight is 158 g/mol. The van der Waals surface area contributed by atoms with Crippen molar-refractivity contribution < 1.29 is 4.74 Å². The highest BCUT2D eigenvalue weighted by molar-refractivity contribution is 4.79. The van der Waals surface area contributed by atoms with Gasteiger partial charge in [-0.15, -0.1) is 0 Å². The third-order valence-corrected chi connectivity index (χ3v) is 2.29. The molecular formula is C8H18N2O. The first-order chi connectivity index (χ1) is 5.36. The zero-order valence-corrected chi connectivity index (χ0v) is 7.47. The van der Waals surface area contributed by atoms with E-state index >= 15 is 0 Å². The number of nitrogens with one attached hydrogen (secondary N) is 1. The third-order valence-electron chi connectivity index (χ3n) is 2.29. The fraction of sp³-hybridized carbons (Fsp3) is 1.00. The molecule has 1 N–H and O–H groups in total. The van der Waals surface area contributed by atoms with E-state index in [0.717, 1.165) is 13.2 Å². The van der Waals surface area contributed by atoms with Crippen LogP contribution in [0.2, 0.25) is 0 Å². The van der Waals surface area contributed by atoms with E-state index in [1.807, 2.05) is 7.05 Å². The van der Waals surface area contributed by atoms with Gasteiger partial charge in [-0.1, -0.05) is 0 Å². The molecule has 66 valence electrons. The summed E-state index contributed by atoms with van der Waals surface area (Å²) in [4.78, 5) is 2.44. The van der Waals surface area contributed by atoms with Crippen molar-refractivity contribution in [1.29, 1.82) is 0 Å². The smallest absolute Gasteiger partial charge is 0.0589 e. The molecule has 0 saturated carbocycles. The van der Waals surface area contributed by atoms with Crippen LogP contribution in [0.4, 0.5) is 0 Å². The quantitative estimate of drug-likeness (QED) is 0.619. The maximum absolute atomic E-state index is 5.01. The highest BCUT2D eigenvalue weighted by atomic mass is 16.5. The number of hydrogen-bond acceptors (Lipinski definition) is 3. The number of nitrogens with zero attached hydrogens (tertiary/aromatic N) is 1. The highest BCUT2D eigenvalue weighted by Crippen LogP contribution is 2.07. The fourth-order valence-electron chi connectivity index (χ4n) is 1.49. The van der Waals surface area contributed by atoms with Gasteiger partial charge in [-0.2, -0.15) is 0 Å². The van der Waals surface area contributed by atoms with Gasteiger partial charge >= 0.3 is 0 Å². The largest absolute Gasteiger partial charge is 0.383 e. The third kappa shape index (κ3) is 2.77. The van der Waals surface area contributed by atoms with Crippen molar-refractivity contribution >= 4 is 0 Å². The van der Waals surface area contributed by atoms with E-state index < -0.39 is 0 Å². The van der Waals surface area contributed by atoms with Crippen molar-refractivity contribution in [3.8, 4) is 0 Å². The molecule has 1 atom stereocenters. The molecule has 0 bridgehead atoms. The van der Waals surface area contributed by atoms with Crippen molar-refractivity contribution in [2.45, 2.75) is 12.5 Å². The van der Waals surface area contributed by atoms with Gasteiger partial charge in [0.25, 0.3) is 0 Å². The van der Waals surface area contributed by atoms with Crippen LogP contribution in [0.15, 0.2) is 0 Å². The molecule has 3 nitrogen and oxygen atoms in total. The van der Waals surface area contributed by atoms with Gasteiger partial charge in [0, 0.05) is 26.2 Å². The molecule has 0 aromatic rings. The summed E-state index contributed by atoms with van der Waals surface area (Å²) in [5, 5.41) is 3.29. The summed E-state index contributed by atoms with van der Waals surface area (Å²) in [6.07, 6.45) is 1.28. The van der Waals surface area contributed by atoms with E-state index in [1.54, 1.807) is 7.11 Å². The molecule has 1 saturated heterocycles. The van der Waals surface area contributed by atoms with Gasteiger partial charge in [0.05, 0.1) is 6.61 Å². The lowest BCUT2D eigenvalue weighted by Crippen LogP contribution is -2.31. The lowest BCUT2D eigenvalue weighted by atomic mass is 10.3. The summed E-state index contributed by atoms with van der Waals surface area (Å²) in [6, 6.07) is 0.701. The maximum atomic E-state index is 5.01. The standard InChI is InChI=1S/C8H18N2O/c1-9-8-3-4-10(7-8)5-6-11-2/h8-9H,3-7H2,1-2H3/t8-/m0/s1. The first-order valence-corrected chi connectivity index (χ1v) is 4.25. The Balaban J connectivity index is 2.09. The van der Waals surface area contributed by atoms with Gasteiger partial charge in [0.15, 0.2) is 0 Å². The van der Waals surface area contributed by atoms with Crippen molar-refractivity contribution in [2.24, 2.45) is 0 Å². The molecular weight excluding hydrogens is 140 g/mol. The van der Waals surface area contributed by atoms with Crippen LogP contribution in [-0.4, -0.2) is 51.3 Å². The Morgan fingerprint density at radius 1 is 1.64 bits per heavy atom. The van der Waals surface area contributed by atoms with Gasteiger partial charge in [-0.25, -0.2) is 0 Å². The summed E-state index contributed by atoms with van der Waals surface area (Å²) in [7, 11) is 3.79. The van der Waals surface area contributed by atoms with Crippen molar-refractivity contribution in [3.05, 3.63) is 0 Å². The highest BCUT2D eigenvalue weighted by Gasteiger charge is 2.19. The number of hydrogen-bond donors (Lipinski definition) is 1. The number of likely N-dealkylation sites (tertiary alicyclic amines) is 1. The predicted octanol–water partition coefficient (Wildman–Crippen LogP) is -0.0735. The maximum Gasteiger partial charge on any atom is 0.0589 e. The van der Waals surface area contributed by atoms with Crippen LogP contribution in [-0.2, 0) is 4.74 Å². The molecule has 1 heterocycles. The van der Waals surface area contributed by atoms with Gasteiger partial charge in [-0.3, -0.25) is 4.90 Å². The SMILES string of the molecule is CN[C@H]1CCN(CCOC)C1. The molecule has 0 radical (unpaired) electrons. The van der Waals surface area contributed by atoms with Crippen LogP contribution in [0, 0.1) is 0 Å². The molecule has 0 aliphatic carbocycles. The molecule has 1 aliphatic heterocycles. The van der Waals surface area contributed by atoms with Crippen LogP contribution >= 0.6 is 0 Å². The molecule has 1 aliphatic rings. The lowest BCUT2D eigenvalue weighted by molar-refractivity contribution is 0.160. The van der Waals surface area contributed by atoms with Crippen molar-refractivity contribution in [1.82, 2.24) is 10.2 Å². The van der Waals surface area contributed by atoms with E-state index in [4.69, 9.17) is 4.74 Å². The lowest BCUT2D eigenvalue weighted by Gasteiger charge is -2.14. The van der Waals surface area contributed by atoms with Gasteiger partial charge in [0.1, 0.15) is 0 Å². The monoisotopic (exact) mass is 158 g/mol. The molecule has 11 heavy (non-hydrogen) atoms. The molecule has 0 aromatic carbocycles. The minimum Gasteiger partial charge on any atom is -0.383 e. The van der Waals surface area contributed by atoms with Crippen LogP contribution in [0.25, 0.3) is 0 Å². The van der Waals surface area contributed by atoms with E-state index in [0.29, 0.717) is 6.04 Å². The average Bonchev–Trinajstić information content (AvgIpc) is 2.48. The van der Waals surface area contributed by atoms with E-state index in [2.05, 4.69) is 10.2 Å². The first-order valence-electron chi connectivity index (χ1n) is 4.25. The zero-order valence-electron chi connectivity index (χ0n) is 7.47. The van der Waals surface area contributed by atoms with Gasteiger partial charge < -0.3 is 10.1 Å². The molecule has 1 fully saturated rings. The Bertz CT molecular complexity index is 108. The van der Waals surface area contributed by atoms with Crippen LogP contribution < -0.4 is 5.32 Å². The van der Waals surface area contributed by atoms with Crippen LogP contribution in [0.3, 0.4) is 0 Å². The van der Waals surface area contributed by atoms with Crippen LogP contribution in [0.5, 0.6) is 0 Å². The number of likely N-dealkylation sites (N-methyl/N-ethyl adjacent to an activating group) is 1. The van der Waals surface area contributed by atoms with E-state index in [-0.39, 0.29) is 0 Å². The number of rotatable bonds is 4. The summed E-state index contributed by atoms with van der Waals surface area (Å²) in [5.41, 5.74) is 0. The Morgan fingerprint density at radius 3 is 3.00 bits per heavy atom. The Hall–Kier alpha value is -0.120. The van der Waals surface area contributed by atoms with Gasteiger partial charge in [0.2, 0.25) is 0 Å². The second-order valence-corrected chi connectivity index (χ2v) is 3.07. The summed E-state index contributed by atoms with van der Waals surface area (Å²) in [5.74, 6) is 0. The molecule has 3 heteroatoms. The predicted molar refractivity (Wildman–Crippen MR) is 45.8 cm³/mol. The minimum absolute atomic E-state index is 0.701. The molecule has 1 rings (SSSR count). The molecule has 0 unspecified atom stereocenters. The summed E-state index contributed by atoms with van der Waals surface area (Å²) < 4.78 is 5.01. The number of methoxy groups -OCH3 is 1. The van der Waals surface area contributed by atoms with E-state index in [9.17, 15) is 0 Å².